The molecule has 6 nitrogen and oxygen atoms in total. The van der Waals surface area contributed by atoms with Gasteiger partial charge in [-0.25, -0.2) is 9.72 Å². The van der Waals surface area contributed by atoms with Crippen molar-refractivity contribution in [3.63, 3.8) is 0 Å². The standard InChI is InChI=1S/C16H17N3O3S/c1-16(2,3)18(20)11-12-10-13(19(21)22)7-8-14(12)23-15-6-4-5-9-17-15/h4-11H,1-3H3/b18-11-. The van der Waals surface area contributed by atoms with Crippen molar-refractivity contribution in [3.8, 4) is 0 Å². The molecule has 0 N–H and O–H groups in total. The van der Waals surface area contributed by atoms with Crippen LogP contribution in [-0.2, 0) is 0 Å². The van der Waals surface area contributed by atoms with Crippen molar-refractivity contribution in [1.82, 2.24) is 4.98 Å². The van der Waals surface area contributed by atoms with Gasteiger partial charge in [0.05, 0.1) is 10.5 Å². The smallest absolute Gasteiger partial charge is 0.270 e. The van der Waals surface area contributed by atoms with Crippen molar-refractivity contribution < 1.29 is 9.66 Å². The lowest BCUT2D eigenvalue weighted by molar-refractivity contribution is -0.530. The Morgan fingerprint density at radius 2 is 1.91 bits per heavy atom. The number of pyridine rings is 1. The Morgan fingerprint density at radius 3 is 2.48 bits per heavy atom. The lowest BCUT2D eigenvalue weighted by Gasteiger charge is -2.19. The fourth-order valence-electron chi connectivity index (χ4n) is 1.68. The van der Waals surface area contributed by atoms with Crippen molar-refractivity contribution in [2.24, 2.45) is 0 Å². The van der Waals surface area contributed by atoms with Gasteiger partial charge in [0.1, 0.15) is 5.03 Å². The number of nitro benzene ring substituents is 1. The number of rotatable bonds is 4. The zero-order valence-electron chi connectivity index (χ0n) is 13.1. The lowest BCUT2D eigenvalue weighted by Crippen LogP contribution is -2.29. The first-order valence-electron chi connectivity index (χ1n) is 6.96. The van der Waals surface area contributed by atoms with E-state index in [0.717, 1.165) is 14.7 Å². The van der Waals surface area contributed by atoms with Gasteiger partial charge in [-0.1, -0.05) is 17.8 Å². The van der Waals surface area contributed by atoms with Gasteiger partial charge in [-0.05, 0) is 18.2 Å². The number of hydrogen-bond donors (Lipinski definition) is 0. The molecule has 0 bridgehead atoms. The number of non-ortho nitro benzene ring substituents is 1. The second-order valence-corrected chi connectivity index (χ2v) is 6.94. The van der Waals surface area contributed by atoms with Crippen LogP contribution in [0.4, 0.5) is 5.69 Å². The quantitative estimate of drug-likeness (QED) is 0.279. The number of nitrogens with zero attached hydrogens (tertiary/aromatic N) is 3. The second-order valence-electron chi connectivity index (χ2n) is 5.87. The molecule has 0 aliphatic carbocycles. The minimum absolute atomic E-state index is 0.0519. The Kier molecular flexibility index (Phi) is 5.00. The molecule has 2 rings (SSSR count). The number of aromatic nitrogens is 1. The molecule has 0 aliphatic rings. The molecule has 1 aromatic heterocycles. The van der Waals surface area contributed by atoms with Gasteiger partial charge < -0.3 is 5.21 Å². The van der Waals surface area contributed by atoms with E-state index in [4.69, 9.17) is 0 Å². The summed E-state index contributed by atoms with van der Waals surface area (Å²) in [5, 5.41) is 23.9. The molecular weight excluding hydrogens is 314 g/mol. The summed E-state index contributed by atoms with van der Waals surface area (Å²) in [6, 6.07) is 9.98. The van der Waals surface area contributed by atoms with Gasteiger partial charge in [0.25, 0.3) is 5.69 Å². The third-order valence-electron chi connectivity index (χ3n) is 2.97. The molecule has 23 heavy (non-hydrogen) atoms. The van der Waals surface area contributed by atoms with E-state index in [-0.39, 0.29) is 5.69 Å². The summed E-state index contributed by atoms with van der Waals surface area (Å²) in [5.74, 6) is 0. The Bertz CT molecular complexity index is 740. The van der Waals surface area contributed by atoms with E-state index in [9.17, 15) is 15.3 Å². The van der Waals surface area contributed by atoms with Crippen LogP contribution in [0.1, 0.15) is 26.3 Å². The zero-order chi connectivity index (χ0) is 17.0. The van der Waals surface area contributed by atoms with Crippen LogP contribution in [0, 0.1) is 15.3 Å². The van der Waals surface area contributed by atoms with E-state index in [1.165, 1.54) is 30.1 Å². The summed E-state index contributed by atoms with van der Waals surface area (Å²) in [6.45, 7) is 5.33. The third-order valence-corrected chi connectivity index (χ3v) is 4.02. The molecule has 120 valence electrons. The molecule has 0 saturated heterocycles. The largest absolute Gasteiger partial charge is 0.623 e. The van der Waals surface area contributed by atoms with E-state index >= 15 is 0 Å². The van der Waals surface area contributed by atoms with Crippen LogP contribution in [0.25, 0.3) is 0 Å². The average molecular weight is 331 g/mol. The maximum absolute atomic E-state index is 12.2. The molecule has 0 fully saturated rings. The Labute approximate surface area is 138 Å². The number of hydrogen-bond acceptors (Lipinski definition) is 5. The minimum Gasteiger partial charge on any atom is -0.623 e. The van der Waals surface area contributed by atoms with Crippen LogP contribution in [-0.4, -0.2) is 26.4 Å². The van der Waals surface area contributed by atoms with Crippen molar-refractivity contribution in [2.75, 3.05) is 0 Å². The summed E-state index contributed by atoms with van der Waals surface area (Å²) < 4.78 is 0.800. The lowest BCUT2D eigenvalue weighted by atomic mass is 10.1. The topological polar surface area (TPSA) is 82.1 Å². The normalized spacial score (nSPS) is 12.2. The first-order chi connectivity index (χ1) is 10.8. The van der Waals surface area contributed by atoms with Gasteiger partial charge in [0.2, 0.25) is 0 Å². The first kappa shape index (κ1) is 17.0. The van der Waals surface area contributed by atoms with Crippen molar-refractivity contribution in [3.05, 3.63) is 63.5 Å². The fraction of sp³-hybridized carbons (Fsp3) is 0.250. The molecular formula is C16H17N3O3S. The maximum Gasteiger partial charge on any atom is 0.270 e. The second kappa shape index (κ2) is 6.78. The Morgan fingerprint density at radius 1 is 1.17 bits per heavy atom. The minimum atomic E-state index is -0.627. The predicted octanol–water partition coefficient (Wildman–Crippen LogP) is 3.87. The van der Waals surface area contributed by atoms with E-state index in [1.54, 1.807) is 33.0 Å². The summed E-state index contributed by atoms with van der Waals surface area (Å²) in [6.07, 6.45) is 3.06. The third kappa shape index (κ3) is 4.53. The van der Waals surface area contributed by atoms with E-state index in [2.05, 4.69) is 4.98 Å². The van der Waals surface area contributed by atoms with Gasteiger partial charge in [-0.2, -0.15) is 0 Å². The summed E-state index contributed by atoms with van der Waals surface area (Å²) in [5.41, 5.74) is -0.180. The van der Waals surface area contributed by atoms with E-state index < -0.39 is 10.5 Å². The van der Waals surface area contributed by atoms with Gasteiger partial charge in [0, 0.05) is 44.0 Å². The predicted molar refractivity (Wildman–Crippen MR) is 90.0 cm³/mol. The van der Waals surface area contributed by atoms with E-state index in [1.807, 2.05) is 18.2 Å². The van der Waals surface area contributed by atoms with Gasteiger partial charge >= 0.3 is 0 Å². The van der Waals surface area contributed by atoms with Gasteiger partial charge in [-0.3, -0.25) is 10.1 Å². The highest BCUT2D eigenvalue weighted by Crippen LogP contribution is 2.30. The molecule has 0 atom stereocenters. The average Bonchev–Trinajstić information content (AvgIpc) is 2.48. The van der Waals surface area contributed by atoms with Crippen LogP contribution in [0.5, 0.6) is 0 Å². The molecule has 0 radical (unpaired) electrons. The molecule has 1 aromatic carbocycles. The number of nitro groups is 1. The van der Waals surface area contributed by atoms with Crippen molar-refractivity contribution >= 4 is 23.7 Å². The highest BCUT2D eigenvalue weighted by molar-refractivity contribution is 7.99. The molecule has 0 spiro atoms. The first-order valence-corrected chi connectivity index (χ1v) is 7.78. The summed E-state index contributed by atoms with van der Waals surface area (Å²) >= 11 is 1.36. The van der Waals surface area contributed by atoms with Gasteiger partial charge in [-0.15, -0.1) is 0 Å². The summed E-state index contributed by atoms with van der Waals surface area (Å²) in [4.78, 5) is 15.5. The summed E-state index contributed by atoms with van der Waals surface area (Å²) in [7, 11) is 0. The molecule has 0 amide bonds. The molecule has 0 aliphatic heterocycles. The van der Waals surface area contributed by atoms with Crippen LogP contribution in [0.15, 0.2) is 52.5 Å². The Balaban J connectivity index is 2.47. The maximum atomic E-state index is 12.2. The fourth-order valence-corrected chi connectivity index (χ4v) is 2.53. The van der Waals surface area contributed by atoms with Crippen LogP contribution in [0.3, 0.4) is 0 Å². The van der Waals surface area contributed by atoms with Crippen LogP contribution in [0.2, 0.25) is 0 Å². The Hall–Kier alpha value is -2.41. The van der Waals surface area contributed by atoms with Crippen LogP contribution >= 0.6 is 11.8 Å². The molecule has 0 unspecified atom stereocenters. The molecule has 0 saturated carbocycles. The zero-order valence-corrected chi connectivity index (χ0v) is 13.9. The van der Waals surface area contributed by atoms with Crippen molar-refractivity contribution in [2.45, 2.75) is 36.2 Å². The molecule has 2 aromatic rings. The van der Waals surface area contributed by atoms with E-state index in [0.29, 0.717) is 5.56 Å². The molecule has 7 heteroatoms. The monoisotopic (exact) mass is 331 g/mol. The van der Waals surface area contributed by atoms with Crippen LogP contribution < -0.4 is 0 Å². The number of hydroxylamine groups is 1. The molecule has 1 heterocycles. The number of benzene rings is 1. The van der Waals surface area contributed by atoms with Gasteiger partial charge in [0.15, 0.2) is 11.8 Å². The van der Waals surface area contributed by atoms with Crippen molar-refractivity contribution in [1.29, 1.82) is 0 Å². The highest BCUT2D eigenvalue weighted by atomic mass is 32.2. The highest BCUT2D eigenvalue weighted by Gasteiger charge is 2.20. The SMILES string of the molecule is CC(C)(C)/[N+]([O-])=C/c1cc([N+](=O)[O-])ccc1Sc1ccccn1.